The van der Waals surface area contributed by atoms with Crippen LogP contribution in [0.5, 0.6) is 0 Å². The van der Waals surface area contributed by atoms with Gasteiger partial charge < -0.3 is 15.0 Å². The lowest BCUT2D eigenvalue weighted by atomic mass is 9.90. The van der Waals surface area contributed by atoms with Crippen molar-refractivity contribution in [2.45, 2.75) is 23.7 Å². The van der Waals surface area contributed by atoms with Gasteiger partial charge in [0.1, 0.15) is 17.1 Å². The van der Waals surface area contributed by atoms with Gasteiger partial charge in [0.2, 0.25) is 10.0 Å². The van der Waals surface area contributed by atoms with Crippen molar-refractivity contribution in [3.63, 3.8) is 0 Å². The number of nitrogens with zero attached hydrogens (tertiary/aromatic N) is 2. The normalized spacial score (nSPS) is 16.0. The molecule has 9 heteroatoms. The van der Waals surface area contributed by atoms with Gasteiger partial charge in [0.05, 0.1) is 0 Å². The molecule has 1 fully saturated rings. The maximum atomic E-state index is 13.0. The van der Waals surface area contributed by atoms with Crippen LogP contribution in [0.4, 0.5) is 0 Å². The number of aromatic nitrogens is 1. The monoisotopic (exact) mass is 405 g/mol. The molecule has 8 nitrogen and oxygen atoms in total. The highest BCUT2D eigenvalue weighted by molar-refractivity contribution is 7.89. The number of hydrogen-bond acceptors (Lipinski definition) is 4. The van der Waals surface area contributed by atoms with Gasteiger partial charge in [-0.1, -0.05) is 30.3 Å². The van der Waals surface area contributed by atoms with Gasteiger partial charge in [-0.3, -0.25) is 9.59 Å². The van der Waals surface area contributed by atoms with E-state index in [4.69, 9.17) is 5.11 Å². The molecule has 1 aliphatic rings. The molecule has 0 bridgehead atoms. The molecule has 0 atom stereocenters. The van der Waals surface area contributed by atoms with E-state index in [0.717, 1.165) is 12.8 Å². The van der Waals surface area contributed by atoms with E-state index >= 15 is 0 Å². The number of carboxylic acids is 1. The third-order valence-electron chi connectivity index (χ3n) is 4.98. The van der Waals surface area contributed by atoms with E-state index in [0.29, 0.717) is 19.0 Å². The molecule has 1 saturated heterocycles. The SMILES string of the molecule is Cn1cc(S(=O)(=O)N2CCC(c3ccccc3)CC2)cc1C(=O)NCC(=O)O. The maximum Gasteiger partial charge on any atom is 0.322 e. The van der Waals surface area contributed by atoms with Gasteiger partial charge in [-0.15, -0.1) is 0 Å². The highest BCUT2D eigenvalue weighted by Crippen LogP contribution is 2.30. The van der Waals surface area contributed by atoms with Crippen LogP contribution in [0.25, 0.3) is 0 Å². The first-order chi connectivity index (χ1) is 13.3. The van der Waals surface area contributed by atoms with E-state index in [1.807, 2.05) is 18.2 Å². The summed E-state index contributed by atoms with van der Waals surface area (Å²) in [6.45, 7) is 0.299. The minimum Gasteiger partial charge on any atom is -0.480 e. The maximum absolute atomic E-state index is 13.0. The summed E-state index contributed by atoms with van der Waals surface area (Å²) in [5.74, 6) is -1.47. The van der Waals surface area contributed by atoms with Crippen molar-refractivity contribution in [1.82, 2.24) is 14.2 Å². The zero-order valence-electron chi connectivity index (χ0n) is 15.5. The Hall–Kier alpha value is -2.65. The van der Waals surface area contributed by atoms with Crippen LogP contribution in [0.2, 0.25) is 0 Å². The molecule has 2 aromatic rings. The number of carbonyl (C=O) groups is 2. The largest absolute Gasteiger partial charge is 0.480 e. The quantitative estimate of drug-likeness (QED) is 0.755. The van der Waals surface area contributed by atoms with Gasteiger partial charge in [0, 0.05) is 26.3 Å². The van der Waals surface area contributed by atoms with Gasteiger partial charge in [-0.2, -0.15) is 4.31 Å². The van der Waals surface area contributed by atoms with Crippen LogP contribution in [-0.4, -0.2) is 53.9 Å². The number of carboxylic acid groups (broad SMARTS) is 1. The second kappa shape index (κ2) is 8.15. The molecular weight excluding hydrogens is 382 g/mol. The lowest BCUT2D eigenvalue weighted by molar-refractivity contribution is -0.135. The van der Waals surface area contributed by atoms with E-state index in [2.05, 4.69) is 17.4 Å². The highest BCUT2D eigenvalue weighted by atomic mass is 32.2. The van der Waals surface area contributed by atoms with E-state index in [-0.39, 0.29) is 10.6 Å². The molecule has 0 aliphatic carbocycles. The predicted octanol–water partition coefficient (Wildman–Crippen LogP) is 1.41. The van der Waals surface area contributed by atoms with Crippen LogP contribution in [0, 0.1) is 0 Å². The molecule has 0 saturated carbocycles. The van der Waals surface area contributed by atoms with E-state index < -0.39 is 28.4 Å². The number of rotatable bonds is 6. The molecule has 0 radical (unpaired) electrons. The molecule has 3 rings (SSSR count). The second-order valence-electron chi connectivity index (χ2n) is 6.84. The van der Waals surface area contributed by atoms with Crippen LogP contribution in [-0.2, 0) is 21.9 Å². The van der Waals surface area contributed by atoms with Crippen molar-refractivity contribution in [2.75, 3.05) is 19.6 Å². The Bertz CT molecular complexity index is 961. The average Bonchev–Trinajstić information content (AvgIpc) is 3.09. The number of aryl methyl sites for hydroxylation is 1. The molecule has 28 heavy (non-hydrogen) atoms. The van der Waals surface area contributed by atoms with Gasteiger partial charge in [-0.05, 0) is 30.4 Å². The third kappa shape index (κ3) is 4.26. The van der Waals surface area contributed by atoms with Crippen molar-refractivity contribution in [3.8, 4) is 0 Å². The molecule has 0 unspecified atom stereocenters. The second-order valence-corrected chi connectivity index (χ2v) is 8.78. The summed E-state index contributed by atoms with van der Waals surface area (Å²) in [4.78, 5) is 22.7. The first-order valence-corrected chi connectivity index (χ1v) is 10.4. The lowest BCUT2D eigenvalue weighted by Crippen LogP contribution is -2.37. The van der Waals surface area contributed by atoms with Gasteiger partial charge in [0.25, 0.3) is 5.91 Å². The standard InChI is InChI=1S/C19H23N3O5S/c1-21-13-16(11-17(21)19(25)20-12-18(23)24)28(26,27)22-9-7-15(8-10-22)14-5-3-2-4-6-14/h2-6,11,13,15H,7-10,12H2,1H3,(H,20,25)(H,23,24). The van der Waals surface area contributed by atoms with Gasteiger partial charge in [0.15, 0.2) is 0 Å². The number of amides is 1. The molecule has 2 N–H and O–H groups in total. The van der Waals surface area contributed by atoms with Gasteiger partial charge in [-0.25, -0.2) is 8.42 Å². The van der Waals surface area contributed by atoms with Crippen molar-refractivity contribution < 1.29 is 23.1 Å². The first-order valence-electron chi connectivity index (χ1n) is 9.00. The Kier molecular flexibility index (Phi) is 5.85. The first kappa shape index (κ1) is 20.1. The fourth-order valence-electron chi connectivity index (χ4n) is 3.45. The van der Waals surface area contributed by atoms with Crippen molar-refractivity contribution >= 4 is 21.9 Å². The van der Waals surface area contributed by atoms with Crippen molar-refractivity contribution in [3.05, 3.63) is 53.9 Å². The zero-order valence-corrected chi connectivity index (χ0v) is 16.4. The van der Waals surface area contributed by atoms with Crippen LogP contribution in [0.3, 0.4) is 0 Å². The molecule has 1 aliphatic heterocycles. The Morgan fingerprint density at radius 1 is 1.18 bits per heavy atom. The average molecular weight is 405 g/mol. The summed E-state index contributed by atoms with van der Waals surface area (Å²) in [5.41, 5.74) is 1.32. The summed E-state index contributed by atoms with van der Waals surface area (Å²) in [7, 11) is -2.17. The zero-order chi connectivity index (χ0) is 20.3. The van der Waals surface area contributed by atoms with Crippen molar-refractivity contribution in [2.24, 2.45) is 7.05 Å². The summed E-state index contributed by atoms with van der Waals surface area (Å²) in [6.07, 6.45) is 2.86. The number of benzene rings is 1. The topological polar surface area (TPSA) is 109 Å². The smallest absolute Gasteiger partial charge is 0.322 e. The summed E-state index contributed by atoms with van der Waals surface area (Å²) in [6, 6.07) is 11.3. The van der Waals surface area contributed by atoms with E-state index in [1.165, 1.54) is 26.7 Å². The molecule has 0 spiro atoms. The minimum atomic E-state index is -3.72. The number of nitrogens with one attached hydrogen (secondary N) is 1. The Balaban J connectivity index is 1.71. The number of sulfonamides is 1. The van der Waals surface area contributed by atoms with Crippen molar-refractivity contribution in [1.29, 1.82) is 0 Å². The fraction of sp³-hybridized carbons (Fsp3) is 0.368. The van der Waals surface area contributed by atoms with E-state index in [9.17, 15) is 18.0 Å². The molecule has 150 valence electrons. The summed E-state index contributed by atoms with van der Waals surface area (Å²) in [5, 5.41) is 10.9. The number of piperidine rings is 1. The summed E-state index contributed by atoms with van der Waals surface area (Å²) >= 11 is 0. The fourth-order valence-corrected chi connectivity index (χ4v) is 4.99. The molecule has 2 heterocycles. The number of aliphatic carboxylic acids is 1. The van der Waals surface area contributed by atoms with Crippen LogP contribution in [0.15, 0.2) is 47.5 Å². The van der Waals surface area contributed by atoms with E-state index in [1.54, 1.807) is 7.05 Å². The van der Waals surface area contributed by atoms with Gasteiger partial charge >= 0.3 is 5.97 Å². The minimum absolute atomic E-state index is 0.0358. The molecule has 1 amide bonds. The number of carbonyl (C=O) groups excluding carboxylic acids is 1. The Morgan fingerprint density at radius 3 is 2.43 bits per heavy atom. The number of hydrogen-bond donors (Lipinski definition) is 2. The molecule has 1 aromatic carbocycles. The molecule has 1 aromatic heterocycles. The Morgan fingerprint density at radius 2 is 1.82 bits per heavy atom. The Labute approximate surface area is 163 Å². The van der Waals surface area contributed by atoms with Crippen LogP contribution < -0.4 is 5.32 Å². The highest BCUT2D eigenvalue weighted by Gasteiger charge is 2.31. The lowest BCUT2D eigenvalue weighted by Gasteiger charge is -2.31. The van der Waals surface area contributed by atoms with Crippen LogP contribution in [0.1, 0.15) is 34.8 Å². The predicted molar refractivity (Wildman–Crippen MR) is 103 cm³/mol. The third-order valence-corrected chi connectivity index (χ3v) is 6.84. The summed E-state index contributed by atoms with van der Waals surface area (Å²) < 4.78 is 28.8. The molecular formula is C19H23N3O5S. The van der Waals surface area contributed by atoms with Crippen LogP contribution >= 0.6 is 0 Å².